The number of benzene rings is 1. The van der Waals surface area contributed by atoms with Crippen molar-refractivity contribution in [2.75, 3.05) is 0 Å². The molecule has 2 rings (SSSR count). The fourth-order valence-corrected chi connectivity index (χ4v) is 2.46. The first-order valence-electron chi connectivity index (χ1n) is 7.29. The van der Waals surface area contributed by atoms with Crippen LogP contribution in [0.2, 0.25) is 0 Å². The van der Waals surface area contributed by atoms with E-state index in [9.17, 15) is 9.59 Å². The third-order valence-electron chi connectivity index (χ3n) is 3.79. The molecule has 112 valence electrons. The van der Waals surface area contributed by atoms with Gasteiger partial charge >= 0.3 is 5.97 Å². The number of carboxylic acid groups (broad SMARTS) is 1. The van der Waals surface area contributed by atoms with Crippen LogP contribution < -0.4 is 5.32 Å². The maximum atomic E-state index is 12.3. The second kappa shape index (κ2) is 6.57. The highest BCUT2D eigenvalue weighted by Crippen LogP contribution is 2.33. The molecule has 0 spiro atoms. The van der Waals surface area contributed by atoms with Gasteiger partial charge in [0.2, 0.25) is 0 Å². The molecule has 1 unspecified atom stereocenters. The number of amides is 1. The number of carbonyl (C=O) groups excluding carboxylic acids is 1. The highest BCUT2D eigenvalue weighted by atomic mass is 16.4. The Morgan fingerprint density at radius 2 is 2.14 bits per heavy atom. The molecular weight excluding hydrogens is 266 g/mol. The molecule has 0 aliphatic heterocycles. The number of carbonyl (C=O) groups is 2. The quantitative estimate of drug-likeness (QED) is 0.790. The zero-order valence-electron chi connectivity index (χ0n) is 12.4. The van der Waals surface area contributed by atoms with Crippen LogP contribution in [-0.4, -0.2) is 23.0 Å². The van der Waals surface area contributed by atoms with Gasteiger partial charge in [0, 0.05) is 17.7 Å². The maximum Gasteiger partial charge on any atom is 0.328 e. The predicted molar refractivity (Wildman–Crippen MR) is 82.1 cm³/mol. The lowest BCUT2D eigenvalue weighted by Gasteiger charge is -2.15. The van der Waals surface area contributed by atoms with Crippen LogP contribution in [0, 0.1) is 12.8 Å². The highest BCUT2D eigenvalue weighted by Gasteiger charge is 2.24. The summed E-state index contributed by atoms with van der Waals surface area (Å²) in [4.78, 5) is 22.9. The third-order valence-corrected chi connectivity index (χ3v) is 3.79. The Kier molecular flexibility index (Phi) is 4.78. The Hall–Kier alpha value is -2.10. The van der Waals surface area contributed by atoms with Crippen LogP contribution in [0.1, 0.15) is 47.7 Å². The number of aliphatic carboxylic acids is 1. The maximum absolute atomic E-state index is 12.3. The van der Waals surface area contributed by atoms with Gasteiger partial charge in [-0.05, 0) is 49.5 Å². The van der Waals surface area contributed by atoms with E-state index in [4.69, 9.17) is 5.11 Å². The minimum Gasteiger partial charge on any atom is -0.478 e. The Bertz CT molecular complexity index is 573. The fourth-order valence-electron chi connectivity index (χ4n) is 2.46. The molecule has 1 aliphatic carbocycles. The average molecular weight is 287 g/mol. The highest BCUT2D eigenvalue weighted by molar-refractivity contribution is 5.97. The van der Waals surface area contributed by atoms with E-state index in [2.05, 4.69) is 5.32 Å². The molecule has 2 N–H and O–H groups in total. The average Bonchev–Trinajstić information content (AvgIpc) is 3.20. The second-order valence-corrected chi connectivity index (χ2v) is 5.74. The molecule has 1 aliphatic rings. The fraction of sp³-hybridized carbons (Fsp3) is 0.412. The standard InChI is InChI=1S/C17H21NO3/c1-11(10-13-6-7-13)18-17(21)15-5-3-4-14(12(15)2)8-9-16(19)20/h3-5,8-9,11,13H,6-7,10H2,1-2H3,(H,18,21)(H,19,20). The number of hydrogen-bond donors (Lipinski definition) is 2. The van der Waals surface area contributed by atoms with E-state index >= 15 is 0 Å². The molecule has 1 saturated carbocycles. The first-order valence-corrected chi connectivity index (χ1v) is 7.29. The predicted octanol–water partition coefficient (Wildman–Crippen LogP) is 3.01. The molecule has 1 fully saturated rings. The van der Waals surface area contributed by atoms with Crippen LogP contribution in [0.3, 0.4) is 0 Å². The molecule has 4 nitrogen and oxygen atoms in total. The number of hydrogen-bond acceptors (Lipinski definition) is 2. The van der Waals surface area contributed by atoms with Gasteiger partial charge in [-0.1, -0.05) is 25.0 Å². The Morgan fingerprint density at radius 1 is 1.43 bits per heavy atom. The van der Waals surface area contributed by atoms with Gasteiger partial charge in [0.05, 0.1) is 0 Å². The van der Waals surface area contributed by atoms with Crippen LogP contribution in [0.5, 0.6) is 0 Å². The van der Waals surface area contributed by atoms with Gasteiger partial charge < -0.3 is 10.4 Å². The summed E-state index contributed by atoms with van der Waals surface area (Å²) in [7, 11) is 0. The molecule has 0 bridgehead atoms. The third kappa shape index (κ3) is 4.45. The summed E-state index contributed by atoms with van der Waals surface area (Å²) in [6.07, 6.45) is 6.18. The smallest absolute Gasteiger partial charge is 0.328 e. The van der Waals surface area contributed by atoms with Crippen molar-refractivity contribution < 1.29 is 14.7 Å². The molecule has 1 aromatic carbocycles. The summed E-state index contributed by atoms with van der Waals surface area (Å²) < 4.78 is 0. The molecule has 0 heterocycles. The monoisotopic (exact) mass is 287 g/mol. The topological polar surface area (TPSA) is 66.4 Å². The van der Waals surface area contributed by atoms with Crippen molar-refractivity contribution in [3.63, 3.8) is 0 Å². The minimum atomic E-state index is -0.998. The van der Waals surface area contributed by atoms with Gasteiger partial charge in [0.25, 0.3) is 5.91 Å². The summed E-state index contributed by atoms with van der Waals surface area (Å²) in [5.74, 6) is -0.320. The van der Waals surface area contributed by atoms with E-state index < -0.39 is 5.97 Å². The summed E-state index contributed by atoms with van der Waals surface area (Å²) in [6, 6.07) is 5.52. The van der Waals surface area contributed by atoms with Gasteiger partial charge in [-0.3, -0.25) is 4.79 Å². The number of carboxylic acids is 1. The van der Waals surface area contributed by atoms with Crippen molar-refractivity contribution in [1.82, 2.24) is 5.32 Å². The zero-order chi connectivity index (χ0) is 15.4. The summed E-state index contributed by atoms with van der Waals surface area (Å²) in [6.45, 7) is 3.86. The van der Waals surface area contributed by atoms with E-state index in [-0.39, 0.29) is 11.9 Å². The molecule has 21 heavy (non-hydrogen) atoms. The van der Waals surface area contributed by atoms with Gasteiger partial charge in [-0.2, -0.15) is 0 Å². The first-order chi connectivity index (χ1) is 9.97. The van der Waals surface area contributed by atoms with E-state index in [1.54, 1.807) is 18.2 Å². The Balaban J connectivity index is 2.09. The zero-order valence-corrected chi connectivity index (χ0v) is 12.4. The van der Waals surface area contributed by atoms with Crippen LogP contribution in [0.15, 0.2) is 24.3 Å². The van der Waals surface area contributed by atoms with Crippen LogP contribution in [0.25, 0.3) is 6.08 Å². The lowest BCUT2D eigenvalue weighted by atomic mass is 10.0. The Morgan fingerprint density at radius 3 is 2.76 bits per heavy atom. The van der Waals surface area contributed by atoms with Crippen LogP contribution in [-0.2, 0) is 4.79 Å². The van der Waals surface area contributed by atoms with Crippen molar-refractivity contribution >= 4 is 18.0 Å². The first kappa shape index (κ1) is 15.3. The Labute approximate surface area is 124 Å². The number of rotatable bonds is 6. The summed E-state index contributed by atoms with van der Waals surface area (Å²) >= 11 is 0. The van der Waals surface area contributed by atoms with Gasteiger partial charge in [-0.15, -0.1) is 0 Å². The van der Waals surface area contributed by atoms with Crippen molar-refractivity contribution in [2.24, 2.45) is 5.92 Å². The largest absolute Gasteiger partial charge is 0.478 e. The molecule has 4 heteroatoms. The lowest BCUT2D eigenvalue weighted by Crippen LogP contribution is -2.33. The van der Waals surface area contributed by atoms with Crippen LogP contribution >= 0.6 is 0 Å². The van der Waals surface area contributed by atoms with Gasteiger partial charge in [0.1, 0.15) is 0 Å². The lowest BCUT2D eigenvalue weighted by molar-refractivity contribution is -0.131. The summed E-state index contributed by atoms with van der Waals surface area (Å²) in [5, 5.41) is 11.7. The SMILES string of the molecule is Cc1c(C=CC(=O)O)cccc1C(=O)NC(C)CC1CC1. The molecule has 1 aromatic rings. The number of nitrogens with one attached hydrogen (secondary N) is 1. The molecule has 0 saturated heterocycles. The van der Waals surface area contributed by atoms with Gasteiger partial charge in [0.15, 0.2) is 0 Å². The molecule has 0 radical (unpaired) electrons. The van der Waals surface area contributed by atoms with Crippen molar-refractivity contribution in [2.45, 2.75) is 39.2 Å². The van der Waals surface area contributed by atoms with E-state index in [1.807, 2.05) is 13.8 Å². The van der Waals surface area contributed by atoms with Crippen molar-refractivity contribution in [1.29, 1.82) is 0 Å². The molecule has 1 amide bonds. The van der Waals surface area contributed by atoms with E-state index in [1.165, 1.54) is 18.9 Å². The minimum absolute atomic E-state index is 0.0915. The molecule has 0 aromatic heterocycles. The second-order valence-electron chi connectivity index (χ2n) is 5.74. The molecular formula is C17H21NO3. The molecule has 1 atom stereocenters. The van der Waals surface area contributed by atoms with Gasteiger partial charge in [-0.25, -0.2) is 4.79 Å². The van der Waals surface area contributed by atoms with Crippen molar-refractivity contribution in [3.05, 3.63) is 41.0 Å². The normalized spacial score (nSPS) is 15.9. The van der Waals surface area contributed by atoms with E-state index in [0.29, 0.717) is 5.56 Å². The summed E-state index contributed by atoms with van der Waals surface area (Å²) in [5.41, 5.74) is 2.15. The van der Waals surface area contributed by atoms with E-state index in [0.717, 1.165) is 29.5 Å². The van der Waals surface area contributed by atoms with Crippen molar-refractivity contribution in [3.8, 4) is 0 Å². The van der Waals surface area contributed by atoms with Crippen LogP contribution in [0.4, 0.5) is 0 Å².